The Hall–Kier alpha value is -1.56. The first kappa shape index (κ1) is 13.1. The summed E-state index contributed by atoms with van der Waals surface area (Å²) in [5.74, 6) is -2.14. The summed E-state index contributed by atoms with van der Waals surface area (Å²) in [6, 6.07) is 0. The predicted octanol–water partition coefficient (Wildman–Crippen LogP) is 1.40. The van der Waals surface area contributed by atoms with Crippen molar-refractivity contribution < 1.29 is 29.3 Å². The van der Waals surface area contributed by atoms with E-state index in [1.807, 2.05) is 0 Å². The molecule has 3 fully saturated rings. The van der Waals surface area contributed by atoms with Crippen molar-refractivity contribution in [2.24, 2.45) is 17.3 Å². The van der Waals surface area contributed by atoms with E-state index in [1.165, 1.54) is 0 Å². The Balaban J connectivity index is 1.62. The number of hydrogen-bond donors (Lipinski definition) is 2. The van der Waals surface area contributed by atoms with E-state index in [4.69, 9.17) is 9.47 Å². The summed E-state index contributed by atoms with van der Waals surface area (Å²) < 4.78 is 10.8. The van der Waals surface area contributed by atoms with Gasteiger partial charge < -0.3 is 19.7 Å². The fraction of sp³-hybridized carbons (Fsp3) is 0.733. The quantitative estimate of drug-likeness (QED) is 0.760. The first-order valence-electron chi connectivity index (χ1n) is 7.50. The van der Waals surface area contributed by atoms with Gasteiger partial charge in [0.25, 0.3) is 0 Å². The molecule has 0 aromatic carbocycles. The highest BCUT2D eigenvalue weighted by molar-refractivity contribution is 5.86. The molecule has 6 unspecified atom stereocenters. The Morgan fingerprint density at radius 3 is 2.71 bits per heavy atom. The standard InChI is InChI=1S/C15H18O6/c16-13(17)8-4-11-12(21-11)6-15(8,14(18)19)5-7-1-2-9-10(3-7)20-9/h6-11H,1-5H2,(H,16,17)(H,18,19). The highest BCUT2D eigenvalue weighted by Gasteiger charge is 2.58. The van der Waals surface area contributed by atoms with Gasteiger partial charge in [-0.1, -0.05) is 0 Å². The molecule has 114 valence electrons. The fourth-order valence-corrected chi connectivity index (χ4v) is 4.17. The molecule has 6 heteroatoms. The summed E-state index contributed by atoms with van der Waals surface area (Å²) in [6.45, 7) is 0. The van der Waals surface area contributed by atoms with Crippen LogP contribution < -0.4 is 0 Å². The summed E-state index contributed by atoms with van der Waals surface area (Å²) in [4.78, 5) is 23.5. The number of rotatable bonds is 4. The van der Waals surface area contributed by atoms with Gasteiger partial charge in [0.2, 0.25) is 0 Å². The van der Waals surface area contributed by atoms with E-state index in [1.54, 1.807) is 6.08 Å². The van der Waals surface area contributed by atoms with E-state index in [0.717, 1.165) is 19.3 Å². The van der Waals surface area contributed by atoms with Crippen LogP contribution >= 0.6 is 0 Å². The summed E-state index contributed by atoms with van der Waals surface area (Å²) in [7, 11) is 0. The van der Waals surface area contributed by atoms with Crippen LogP contribution in [0.2, 0.25) is 0 Å². The van der Waals surface area contributed by atoms with Crippen LogP contribution in [0.4, 0.5) is 0 Å². The van der Waals surface area contributed by atoms with Crippen LogP contribution in [0.3, 0.4) is 0 Å². The van der Waals surface area contributed by atoms with Gasteiger partial charge in [-0.2, -0.15) is 0 Å². The van der Waals surface area contributed by atoms with Crippen molar-refractivity contribution in [1.82, 2.24) is 0 Å². The summed E-state index contributed by atoms with van der Waals surface area (Å²) in [5.41, 5.74) is -1.33. The zero-order valence-corrected chi connectivity index (χ0v) is 11.5. The first-order chi connectivity index (χ1) is 9.99. The number of ether oxygens (including phenoxy) is 2. The van der Waals surface area contributed by atoms with Crippen LogP contribution in [0.25, 0.3) is 0 Å². The topological polar surface area (TPSA) is 99.7 Å². The molecule has 0 amide bonds. The second kappa shape index (κ2) is 4.22. The highest BCUT2D eigenvalue weighted by Crippen LogP contribution is 2.53. The highest BCUT2D eigenvalue weighted by atomic mass is 16.6. The Bertz CT molecular complexity index is 540. The number of aliphatic carboxylic acids is 2. The van der Waals surface area contributed by atoms with Crippen molar-refractivity contribution in [3.63, 3.8) is 0 Å². The van der Waals surface area contributed by atoms with Crippen molar-refractivity contribution in [3.8, 4) is 0 Å². The average molecular weight is 294 g/mol. The molecule has 21 heavy (non-hydrogen) atoms. The molecule has 0 spiro atoms. The first-order valence-corrected chi connectivity index (χ1v) is 7.50. The van der Waals surface area contributed by atoms with Gasteiger partial charge in [-0.15, -0.1) is 0 Å². The van der Waals surface area contributed by atoms with Gasteiger partial charge in [-0.25, -0.2) is 0 Å². The van der Waals surface area contributed by atoms with Gasteiger partial charge in [0.15, 0.2) is 6.10 Å². The van der Waals surface area contributed by atoms with Crippen LogP contribution in [-0.4, -0.2) is 40.5 Å². The number of fused-ring (bicyclic) bond motifs is 2. The number of carbonyl (C=O) groups is 2. The molecule has 2 heterocycles. The van der Waals surface area contributed by atoms with Gasteiger partial charge in [0.1, 0.15) is 11.2 Å². The van der Waals surface area contributed by atoms with Gasteiger partial charge >= 0.3 is 11.9 Å². The third kappa shape index (κ3) is 2.04. The molecule has 0 bridgehead atoms. The van der Waals surface area contributed by atoms with Crippen LogP contribution in [0.5, 0.6) is 0 Å². The minimum absolute atomic E-state index is 0.180. The maximum absolute atomic E-state index is 11.9. The van der Waals surface area contributed by atoms with Gasteiger partial charge in [-0.05, 0) is 37.7 Å². The van der Waals surface area contributed by atoms with Crippen molar-refractivity contribution in [1.29, 1.82) is 0 Å². The molecule has 4 aliphatic rings. The maximum Gasteiger partial charge on any atom is 0.314 e. The van der Waals surface area contributed by atoms with Crippen molar-refractivity contribution >= 4 is 11.9 Å². The fourth-order valence-electron chi connectivity index (χ4n) is 4.17. The lowest BCUT2D eigenvalue weighted by Gasteiger charge is -2.36. The average Bonchev–Trinajstić information content (AvgIpc) is 3.31. The van der Waals surface area contributed by atoms with Gasteiger partial charge in [0, 0.05) is 6.42 Å². The maximum atomic E-state index is 11.9. The molecular formula is C15H18O6. The zero-order valence-electron chi connectivity index (χ0n) is 11.5. The Morgan fingerprint density at radius 2 is 2.05 bits per heavy atom. The molecule has 2 saturated heterocycles. The molecule has 2 aliphatic carbocycles. The molecular weight excluding hydrogens is 276 g/mol. The molecule has 0 radical (unpaired) electrons. The lowest BCUT2D eigenvalue weighted by atomic mass is 9.64. The molecule has 6 nitrogen and oxygen atoms in total. The van der Waals surface area contributed by atoms with Crippen LogP contribution in [0, 0.1) is 17.3 Å². The van der Waals surface area contributed by atoms with E-state index < -0.39 is 23.3 Å². The summed E-state index contributed by atoms with van der Waals surface area (Å²) in [6.07, 6.45) is 5.36. The van der Waals surface area contributed by atoms with E-state index in [9.17, 15) is 19.8 Å². The third-order valence-electron chi connectivity index (χ3n) is 5.45. The number of carboxylic acids is 2. The molecule has 0 aromatic heterocycles. The van der Waals surface area contributed by atoms with Crippen molar-refractivity contribution in [2.75, 3.05) is 0 Å². The molecule has 0 aromatic rings. The summed E-state index contributed by atoms with van der Waals surface area (Å²) in [5, 5.41) is 19.2. The number of carboxylic acid groups (broad SMARTS) is 2. The summed E-state index contributed by atoms with van der Waals surface area (Å²) >= 11 is 0. The minimum Gasteiger partial charge on any atom is -0.483 e. The van der Waals surface area contributed by atoms with Crippen molar-refractivity contribution in [3.05, 3.63) is 11.8 Å². The Labute approximate surface area is 121 Å². The minimum atomic E-state index is -1.33. The van der Waals surface area contributed by atoms with Crippen LogP contribution in [-0.2, 0) is 19.1 Å². The molecule has 1 saturated carbocycles. The van der Waals surface area contributed by atoms with E-state index in [-0.39, 0.29) is 24.5 Å². The van der Waals surface area contributed by atoms with E-state index in [0.29, 0.717) is 18.3 Å². The second-order valence-electron chi connectivity index (χ2n) is 6.72. The van der Waals surface area contributed by atoms with Gasteiger partial charge in [-0.3, -0.25) is 9.59 Å². The Morgan fingerprint density at radius 1 is 1.24 bits per heavy atom. The number of hydrogen-bond acceptors (Lipinski definition) is 4. The lowest BCUT2D eigenvalue weighted by Crippen LogP contribution is -2.45. The number of epoxide rings is 2. The monoisotopic (exact) mass is 294 g/mol. The largest absolute Gasteiger partial charge is 0.483 e. The third-order valence-corrected chi connectivity index (χ3v) is 5.45. The van der Waals surface area contributed by atoms with Crippen LogP contribution in [0.15, 0.2) is 11.8 Å². The molecule has 4 rings (SSSR count). The zero-order chi connectivity index (χ0) is 14.8. The smallest absolute Gasteiger partial charge is 0.314 e. The lowest BCUT2D eigenvalue weighted by molar-refractivity contribution is -0.161. The molecule has 2 N–H and O–H groups in total. The second-order valence-corrected chi connectivity index (χ2v) is 6.72. The molecule has 2 aliphatic heterocycles. The van der Waals surface area contributed by atoms with Crippen LogP contribution in [0.1, 0.15) is 32.1 Å². The molecule has 6 atom stereocenters. The normalized spacial score (nSPS) is 46.5. The SMILES string of the molecule is O=C(O)C1CC2OC2=CC1(CC1CCC2OC2C1)C(=O)O. The predicted molar refractivity (Wildman–Crippen MR) is 69.4 cm³/mol. The Kier molecular flexibility index (Phi) is 2.64. The van der Waals surface area contributed by atoms with Gasteiger partial charge in [0.05, 0.1) is 18.1 Å². The van der Waals surface area contributed by atoms with Crippen molar-refractivity contribution in [2.45, 2.75) is 50.4 Å². The van der Waals surface area contributed by atoms with E-state index >= 15 is 0 Å². The van der Waals surface area contributed by atoms with E-state index in [2.05, 4.69) is 0 Å².